The third-order valence-corrected chi connectivity index (χ3v) is 4.69. The molecule has 2 aromatic carbocycles. The Kier molecular flexibility index (Phi) is 3.95. The lowest BCUT2D eigenvalue weighted by Crippen LogP contribution is -2.02. The molecule has 0 radical (unpaired) electrons. The lowest BCUT2D eigenvalue weighted by atomic mass is 10.2. The first-order chi connectivity index (χ1) is 12.1. The minimum Gasteiger partial charge on any atom is -0.382 e. The van der Waals surface area contributed by atoms with Crippen molar-refractivity contribution in [2.45, 2.75) is 0 Å². The maximum absolute atomic E-state index is 13.1. The Balaban J connectivity index is 1.71. The Bertz CT molecular complexity index is 1040. The standard InChI is InChI=1S/C17H11ClFN5S/c18-11-2-1-3-13(8-11)24-16(20)15(22-23-24)17-21-14(9-25-17)10-4-6-12(19)7-5-10/h1-9H,20H2. The van der Waals surface area contributed by atoms with E-state index in [0.717, 1.165) is 16.9 Å². The molecule has 0 atom stereocenters. The second kappa shape index (κ2) is 6.27. The van der Waals surface area contributed by atoms with Crippen LogP contribution >= 0.6 is 22.9 Å². The first-order valence-corrected chi connectivity index (χ1v) is 8.56. The molecule has 0 bridgehead atoms. The van der Waals surface area contributed by atoms with Crippen LogP contribution in [0.2, 0.25) is 5.02 Å². The van der Waals surface area contributed by atoms with E-state index >= 15 is 0 Å². The number of nitrogen functional groups attached to an aromatic ring is 1. The van der Waals surface area contributed by atoms with E-state index in [4.69, 9.17) is 17.3 Å². The Morgan fingerprint density at radius 3 is 2.68 bits per heavy atom. The summed E-state index contributed by atoms with van der Waals surface area (Å²) in [6.07, 6.45) is 0. The van der Waals surface area contributed by atoms with Crippen LogP contribution in [0.25, 0.3) is 27.6 Å². The number of hydrogen-bond donors (Lipinski definition) is 1. The molecule has 4 rings (SSSR count). The first-order valence-electron chi connectivity index (χ1n) is 7.31. The van der Waals surface area contributed by atoms with Crippen LogP contribution in [-0.2, 0) is 0 Å². The second-order valence-corrected chi connectivity index (χ2v) is 6.55. The third-order valence-electron chi connectivity index (χ3n) is 3.60. The van der Waals surface area contributed by atoms with Gasteiger partial charge in [0.15, 0.2) is 11.5 Å². The van der Waals surface area contributed by atoms with Crippen LogP contribution in [-0.4, -0.2) is 20.0 Å². The van der Waals surface area contributed by atoms with Crippen LogP contribution in [0.1, 0.15) is 0 Å². The summed E-state index contributed by atoms with van der Waals surface area (Å²) in [7, 11) is 0. The maximum Gasteiger partial charge on any atom is 0.165 e. The van der Waals surface area contributed by atoms with Gasteiger partial charge in [0.05, 0.1) is 11.4 Å². The zero-order chi connectivity index (χ0) is 17.4. The highest BCUT2D eigenvalue weighted by molar-refractivity contribution is 7.13. The molecule has 0 spiro atoms. The number of nitrogens with two attached hydrogens (primary N) is 1. The summed E-state index contributed by atoms with van der Waals surface area (Å²) in [5.41, 5.74) is 8.97. The molecule has 0 saturated carbocycles. The predicted octanol–water partition coefficient (Wildman–Crippen LogP) is 4.43. The molecule has 0 aliphatic heterocycles. The van der Waals surface area contributed by atoms with Crippen molar-refractivity contribution in [3.8, 4) is 27.6 Å². The fraction of sp³-hybridized carbons (Fsp3) is 0. The zero-order valence-corrected chi connectivity index (χ0v) is 14.3. The van der Waals surface area contributed by atoms with E-state index in [-0.39, 0.29) is 5.82 Å². The monoisotopic (exact) mass is 371 g/mol. The Morgan fingerprint density at radius 2 is 1.92 bits per heavy atom. The molecule has 5 nitrogen and oxygen atoms in total. The number of benzene rings is 2. The normalized spacial score (nSPS) is 11.0. The van der Waals surface area contributed by atoms with E-state index in [1.54, 1.807) is 24.3 Å². The molecule has 4 aromatic rings. The quantitative estimate of drug-likeness (QED) is 0.578. The summed E-state index contributed by atoms with van der Waals surface area (Å²) in [5.74, 6) is 0.0928. The van der Waals surface area contributed by atoms with E-state index in [9.17, 15) is 4.39 Å². The van der Waals surface area contributed by atoms with Gasteiger partial charge >= 0.3 is 0 Å². The van der Waals surface area contributed by atoms with Gasteiger partial charge in [-0.3, -0.25) is 0 Å². The Morgan fingerprint density at radius 1 is 1.12 bits per heavy atom. The lowest BCUT2D eigenvalue weighted by molar-refractivity contribution is 0.628. The second-order valence-electron chi connectivity index (χ2n) is 5.26. The zero-order valence-electron chi connectivity index (χ0n) is 12.7. The third kappa shape index (κ3) is 2.99. The highest BCUT2D eigenvalue weighted by Gasteiger charge is 2.17. The number of aromatic nitrogens is 4. The number of rotatable bonds is 3. The average molecular weight is 372 g/mol. The molecule has 0 aliphatic rings. The number of thiazole rings is 1. The summed E-state index contributed by atoms with van der Waals surface area (Å²) in [5, 5.41) is 11.3. The molecule has 2 heterocycles. The van der Waals surface area contributed by atoms with Gasteiger partial charge in [-0.05, 0) is 42.5 Å². The van der Waals surface area contributed by atoms with Crippen LogP contribution in [0, 0.1) is 5.82 Å². The summed E-state index contributed by atoms with van der Waals surface area (Å²) in [6, 6.07) is 13.3. The summed E-state index contributed by atoms with van der Waals surface area (Å²) >= 11 is 7.41. The van der Waals surface area contributed by atoms with E-state index in [1.807, 2.05) is 17.5 Å². The average Bonchev–Trinajstić information content (AvgIpc) is 3.22. The van der Waals surface area contributed by atoms with Crippen LogP contribution in [0.5, 0.6) is 0 Å². The molecule has 0 fully saturated rings. The van der Waals surface area contributed by atoms with Crippen molar-refractivity contribution >= 4 is 28.8 Å². The minimum atomic E-state index is -0.284. The Labute approximate surface area is 151 Å². The topological polar surface area (TPSA) is 69.6 Å². The van der Waals surface area contributed by atoms with Gasteiger partial charge in [0.1, 0.15) is 10.8 Å². The van der Waals surface area contributed by atoms with Crippen molar-refractivity contribution in [1.82, 2.24) is 20.0 Å². The van der Waals surface area contributed by atoms with Crippen LogP contribution < -0.4 is 5.73 Å². The highest BCUT2D eigenvalue weighted by atomic mass is 35.5. The van der Waals surface area contributed by atoms with E-state index < -0.39 is 0 Å². The lowest BCUT2D eigenvalue weighted by Gasteiger charge is -2.03. The smallest absolute Gasteiger partial charge is 0.165 e. The van der Waals surface area contributed by atoms with Crippen LogP contribution in [0.15, 0.2) is 53.9 Å². The molecule has 8 heteroatoms. The molecule has 0 aliphatic carbocycles. The van der Waals surface area contributed by atoms with Crippen molar-refractivity contribution in [3.05, 3.63) is 64.8 Å². The number of nitrogens with zero attached hydrogens (tertiary/aromatic N) is 4. The van der Waals surface area contributed by atoms with E-state index in [0.29, 0.717) is 21.5 Å². The van der Waals surface area contributed by atoms with Crippen molar-refractivity contribution in [1.29, 1.82) is 0 Å². The van der Waals surface area contributed by atoms with Crippen molar-refractivity contribution in [3.63, 3.8) is 0 Å². The van der Waals surface area contributed by atoms with Gasteiger partial charge in [-0.15, -0.1) is 16.4 Å². The largest absolute Gasteiger partial charge is 0.382 e. The molecule has 0 amide bonds. The molecule has 0 saturated heterocycles. The van der Waals surface area contributed by atoms with E-state index in [2.05, 4.69) is 15.3 Å². The molecule has 25 heavy (non-hydrogen) atoms. The molecule has 2 N–H and O–H groups in total. The number of hydrogen-bond acceptors (Lipinski definition) is 5. The molecular formula is C17H11ClFN5S. The van der Waals surface area contributed by atoms with Gasteiger partial charge < -0.3 is 5.73 Å². The molecule has 2 aromatic heterocycles. The molecule has 0 unspecified atom stereocenters. The fourth-order valence-corrected chi connectivity index (χ4v) is 3.38. The van der Waals surface area contributed by atoms with Gasteiger partial charge in [0, 0.05) is 16.0 Å². The van der Waals surface area contributed by atoms with Gasteiger partial charge in [-0.25, -0.2) is 9.37 Å². The van der Waals surface area contributed by atoms with Gasteiger partial charge in [0.25, 0.3) is 0 Å². The first kappa shape index (κ1) is 15.7. The van der Waals surface area contributed by atoms with Crippen LogP contribution in [0.3, 0.4) is 0 Å². The number of halogens is 2. The van der Waals surface area contributed by atoms with E-state index in [1.165, 1.54) is 28.2 Å². The van der Waals surface area contributed by atoms with Crippen LogP contribution in [0.4, 0.5) is 10.2 Å². The summed E-state index contributed by atoms with van der Waals surface area (Å²) < 4.78 is 14.6. The highest BCUT2D eigenvalue weighted by Crippen LogP contribution is 2.31. The van der Waals surface area contributed by atoms with Crippen molar-refractivity contribution < 1.29 is 4.39 Å². The summed E-state index contributed by atoms with van der Waals surface area (Å²) in [6.45, 7) is 0. The number of anilines is 1. The van der Waals surface area contributed by atoms with Crippen molar-refractivity contribution in [2.75, 3.05) is 5.73 Å². The van der Waals surface area contributed by atoms with Crippen molar-refractivity contribution in [2.24, 2.45) is 0 Å². The predicted molar refractivity (Wildman–Crippen MR) is 97.3 cm³/mol. The van der Waals surface area contributed by atoms with Gasteiger partial charge in [-0.1, -0.05) is 22.9 Å². The Hall–Kier alpha value is -2.77. The van der Waals surface area contributed by atoms with Gasteiger partial charge in [0.2, 0.25) is 0 Å². The molecule has 124 valence electrons. The molecular weight excluding hydrogens is 361 g/mol. The van der Waals surface area contributed by atoms with Gasteiger partial charge in [-0.2, -0.15) is 4.68 Å². The SMILES string of the molecule is Nc1c(-c2nc(-c3ccc(F)cc3)cs2)nnn1-c1cccc(Cl)c1. The summed E-state index contributed by atoms with van der Waals surface area (Å²) in [4.78, 5) is 4.54. The maximum atomic E-state index is 13.1. The fourth-order valence-electron chi connectivity index (χ4n) is 2.38. The minimum absolute atomic E-state index is 0.284.